The van der Waals surface area contributed by atoms with Gasteiger partial charge in [0, 0.05) is 12.2 Å². The Morgan fingerprint density at radius 1 is 1.30 bits per heavy atom. The van der Waals surface area contributed by atoms with Crippen LogP contribution in [0.2, 0.25) is 0 Å². The first-order valence-corrected chi connectivity index (χ1v) is 8.41. The summed E-state index contributed by atoms with van der Waals surface area (Å²) in [5, 5.41) is 18.5. The molecule has 1 aromatic heterocycles. The number of carbonyl (C=O) groups excluding carboxylic acids is 1. The van der Waals surface area contributed by atoms with Crippen LogP contribution >= 0.6 is 11.3 Å². The number of hydrogen-bond acceptors (Lipinski definition) is 4. The van der Waals surface area contributed by atoms with Crippen LogP contribution in [0.3, 0.4) is 0 Å². The molecule has 0 saturated carbocycles. The molecule has 3 N–H and O–H groups in total. The Labute approximate surface area is 140 Å². The predicted molar refractivity (Wildman–Crippen MR) is 93.0 cm³/mol. The van der Waals surface area contributed by atoms with Gasteiger partial charge in [-0.1, -0.05) is 6.07 Å². The fourth-order valence-electron chi connectivity index (χ4n) is 2.11. The van der Waals surface area contributed by atoms with E-state index in [4.69, 9.17) is 9.84 Å². The molecule has 1 atom stereocenters. The van der Waals surface area contributed by atoms with Gasteiger partial charge in [-0.3, -0.25) is 0 Å². The SMILES string of the molecule is Cc1ccc(NC(=O)NC[C@H](OCCO)c2ccsc2)cc1C. The quantitative estimate of drug-likeness (QED) is 0.728. The molecule has 0 fully saturated rings. The van der Waals surface area contributed by atoms with Gasteiger partial charge in [0.15, 0.2) is 0 Å². The van der Waals surface area contributed by atoms with Gasteiger partial charge in [0.25, 0.3) is 0 Å². The normalized spacial score (nSPS) is 12.0. The zero-order chi connectivity index (χ0) is 16.7. The summed E-state index contributed by atoms with van der Waals surface area (Å²) in [6, 6.07) is 7.47. The molecule has 1 aromatic carbocycles. The van der Waals surface area contributed by atoms with Crippen molar-refractivity contribution < 1.29 is 14.6 Å². The first-order chi connectivity index (χ1) is 11.1. The van der Waals surface area contributed by atoms with E-state index >= 15 is 0 Å². The number of ether oxygens (including phenoxy) is 1. The summed E-state index contributed by atoms with van der Waals surface area (Å²) < 4.78 is 5.59. The van der Waals surface area contributed by atoms with E-state index < -0.39 is 0 Å². The second-order valence-corrected chi connectivity index (χ2v) is 6.05. The Balaban J connectivity index is 1.89. The van der Waals surface area contributed by atoms with Gasteiger partial charge in [0.05, 0.1) is 13.2 Å². The Morgan fingerprint density at radius 2 is 2.13 bits per heavy atom. The maximum atomic E-state index is 12.0. The average Bonchev–Trinajstić information content (AvgIpc) is 3.05. The number of thiophene rings is 1. The van der Waals surface area contributed by atoms with Crippen molar-refractivity contribution >= 4 is 23.1 Å². The Bertz CT molecular complexity index is 629. The van der Waals surface area contributed by atoms with Gasteiger partial charge in [-0.2, -0.15) is 11.3 Å². The highest BCUT2D eigenvalue weighted by Gasteiger charge is 2.14. The summed E-state index contributed by atoms with van der Waals surface area (Å²) in [6.45, 7) is 4.57. The van der Waals surface area contributed by atoms with Crippen molar-refractivity contribution in [1.82, 2.24) is 5.32 Å². The Hall–Kier alpha value is -1.89. The number of hydrogen-bond donors (Lipinski definition) is 3. The van der Waals surface area contributed by atoms with Crippen LogP contribution in [0.5, 0.6) is 0 Å². The lowest BCUT2D eigenvalue weighted by atomic mass is 10.1. The highest BCUT2D eigenvalue weighted by atomic mass is 32.1. The summed E-state index contributed by atoms with van der Waals surface area (Å²) in [7, 11) is 0. The fourth-order valence-corrected chi connectivity index (χ4v) is 2.81. The van der Waals surface area contributed by atoms with Crippen LogP contribution < -0.4 is 10.6 Å². The lowest BCUT2D eigenvalue weighted by molar-refractivity contribution is 0.0299. The van der Waals surface area contributed by atoms with Crippen molar-refractivity contribution in [2.45, 2.75) is 20.0 Å². The molecule has 2 rings (SSSR count). The van der Waals surface area contributed by atoms with Gasteiger partial charge in [0.2, 0.25) is 0 Å². The highest BCUT2D eigenvalue weighted by Crippen LogP contribution is 2.19. The van der Waals surface area contributed by atoms with E-state index in [9.17, 15) is 4.79 Å². The second-order valence-electron chi connectivity index (χ2n) is 5.27. The summed E-state index contributed by atoms with van der Waals surface area (Å²) in [6.07, 6.45) is -0.265. The molecule has 124 valence electrons. The Morgan fingerprint density at radius 3 is 2.78 bits per heavy atom. The van der Waals surface area contributed by atoms with Crippen molar-refractivity contribution in [1.29, 1.82) is 0 Å². The zero-order valence-electron chi connectivity index (χ0n) is 13.3. The highest BCUT2D eigenvalue weighted by molar-refractivity contribution is 7.07. The smallest absolute Gasteiger partial charge is 0.319 e. The molecule has 2 aromatic rings. The number of aliphatic hydroxyl groups is 1. The molecule has 0 aliphatic rings. The van der Waals surface area contributed by atoms with Gasteiger partial charge in [-0.15, -0.1) is 0 Å². The summed E-state index contributed by atoms with van der Waals surface area (Å²) in [5.41, 5.74) is 4.07. The van der Waals surface area contributed by atoms with E-state index in [0.717, 1.165) is 16.8 Å². The molecule has 6 heteroatoms. The zero-order valence-corrected chi connectivity index (χ0v) is 14.2. The van der Waals surface area contributed by atoms with Gasteiger partial charge in [-0.05, 0) is 59.5 Å². The third-order valence-electron chi connectivity index (χ3n) is 3.54. The number of anilines is 1. The van der Waals surface area contributed by atoms with Gasteiger partial charge < -0.3 is 20.5 Å². The minimum Gasteiger partial charge on any atom is -0.394 e. The van der Waals surface area contributed by atoms with Crippen LogP contribution in [0.25, 0.3) is 0 Å². The number of carbonyl (C=O) groups is 1. The van der Waals surface area contributed by atoms with E-state index in [1.54, 1.807) is 11.3 Å². The molecule has 0 saturated heterocycles. The van der Waals surface area contributed by atoms with Gasteiger partial charge in [0.1, 0.15) is 6.10 Å². The average molecular weight is 334 g/mol. The maximum Gasteiger partial charge on any atom is 0.319 e. The fraction of sp³-hybridized carbons (Fsp3) is 0.353. The molecule has 2 amide bonds. The van der Waals surface area contributed by atoms with E-state index in [1.165, 1.54) is 5.56 Å². The molecule has 0 spiro atoms. The van der Waals surface area contributed by atoms with Crippen LogP contribution in [0.4, 0.5) is 10.5 Å². The number of nitrogens with one attached hydrogen (secondary N) is 2. The monoisotopic (exact) mass is 334 g/mol. The van der Waals surface area contributed by atoms with Crippen LogP contribution in [-0.2, 0) is 4.74 Å². The predicted octanol–water partition coefficient (Wildman–Crippen LogP) is 3.24. The standard InChI is InChI=1S/C17H22N2O3S/c1-12-3-4-15(9-13(12)2)19-17(21)18-10-16(22-7-6-20)14-5-8-23-11-14/h3-5,8-9,11,16,20H,6-7,10H2,1-2H3,(H2,18,19,21)/t16-/m0/s1. The van der Waals surface area contributed by atoms with Crippen molar-refractivity contribution in [3.8, 4) is 0 Å². The van der Waals surface area contributed by atoms with Crippen molar-refractivity contribution in [3.05, 3.63) is 51.7 Å². The molecule has 0 radical (unpaired) electrons. The maximum absolute atomic E-state index is 12.0. The lowest BCUT2D eigenvalue weighted by Crippen LogP contribution is -2.33. The summed E-state index contributed by atoms with van der Waals surface area (Å²) in [5.74, 6) is 0. The lowest BCUT2D eigenvalue weighted by Gasteiger charge is -2.17. The molecule has 0 bridgehead atoms. The van der Waals surface area contributed by atoms with Crippen LogP contribution in [0.1, 0.15) is 22.8 Å². The second kappa shape index (κ2) is 8.67. The van der Waals surface area contributed by atoms with E-state index in [2.05, 4.69) is 10.6 Å². The molecule has 0 aliphatic carbocycles. The van der Waals surface area contributed by atoms with E-state index in [-0.39, 0.29) is 25.3 Å². The molecule has 1 heterocycles. The molecular weight excluding hydrogens is 312 g/mol. The summed E-state index contributed by atoms with van der Waals surface area (Å²) >= 11 is 1.57. The molecule has 0 unspecified atom stereocenters. The number of rotatable bonds is 7. The first-order valence-electron chi connectivity index (χ1n) is 7.47. The largest absolute Gasteiger partial charge is 0.394 e. The van der Waals surface area contributed by atoms with Gasteiger partial charge in [-0.25, -0.2) is 4.79 Å². The number of urea groups is 1. The van der Waals surface area contributed by atoms with Crippen molar-refractivity contribution in [2.75, 3.05) is 25.1 Å². The van der Waals surface area contributed by atoms with E-state index in [1.807, 2.05) is 48.9 Å². The minimum atomic E-state index is -0.277. The third-order valence-corrected chi connectivity index (χ3v) is 4.24. The van der Waals surface area contributed by atoms with Crippen LogP contribution in [0.15, 0.2) is 35.0 Å². The minimum absolute atomic E-state index is 0.0462. The number of amides is 2. The molecule has 0 aliphatic heterocycles. The topological polar surface area (TPSA) is 70.6 Å². The number of benzene rings is 1. The number of aliphatic hydroxyl groups excluding tert-OH is 1. The Kier molecular flexibility index (Phi) is 6.58. The molecule has 5 nitrogen and oxygen atoms in total. The molecular formula is C17H22N2O3S. The first kappa shape index (κ1) is 17.5. The van der Waals surface area contributed by atoms with Crippen molar-refractivity contribution in [3.63, 3.8) is 0 Å². The van der Waals surface area contributed by atoms with E-state index in [0.29, 0.717) is 6.54 Å². The number of aryl methyl sites for hydroxylation is 2. The van der Waals surface area contributed by atoms with Crippen LogP contribution in [-0.4, -0.2) is 30.9 Å². The van der Waals surface area contributed by atoms with Crippen LogP contribution in [0, 0.1) is 13.8 Å². The third kappa shape index (κ3) is 5.35. The summed E-state index contributed by atoms with van der Waals surface area (Å²) in [4.78, 5) is 12.0. The van der Waals surface area contributed by atoms with Gasteiger partial charge >= 0.3 is 6.03 Å². The molecule has 23 heavy (non-hydrogen) atoms. The van der Waals surface area contributed by atoms with Crippen molar-refractivity contribution in [2.24, 2.45) is 0 Å².